The molecule has 12 heavy (non-hydrogen) atoms. The van der Waals surface area contributed by atoms with Crippen LogP contribution in [0.4, 0.5) is 0 Å². The van der Waals surface area contributed by atoms with E-state index >= 15 is 0 Å². The fourth-order valence-corrected chi connectivity index (χ4v) is 0. The number of methoxy groups -OCH3 is 1. The van der Waals surface area contributed by atoms with E-state index in [1.807, 2.05) is 0 Å². The third-order valence-electron chi connectivity index (χ3n) is 0.264. The van der Waals surface area contributed by atoms with Crippen LogP contribution < -0.4 is 5.11 Å². The van der Waals surface area contributed by atoms with Crippen molar-refractivity contribution in [1.82, 2.24) is 0 Å². The maximum Gasteiger partial charge on any atom is 0.0742 e. The molecule has 0 bridgehead atoms. The molecular weight excluding hydrogens is 164 g/mol. The Hall–Kier alpha value is -0.650. The molecule has 5 nitrogen and oxygen atoms in total. The smallest absolute Gasteiger partial charge is 0.0742 e. The van der Waals surface area contributed by atoms with E-state index in [1.165, 1.54) is 6.92 Å². The molecule has 0 aromatic heterocycles. The lowest BCUT2D eigenvalue weighted by Crippen LogP contribution is -2.16. The Labute approximate surface area is 72.6 Å². The maximum atomic E-state index is 8.89. The second kappa shape index (κ2) is 16.7. The van der Waals surface area contributed by atoms with Crippen molar-refractivity contribution >= 4 is 5.97 Å². The maximum absolute atomic E-state index is 8.89. The third-order valence-corrected chi connectivity index (χ3v) is 0.264. The molecule has 76 valence electrons. The summed E-state index contributed by atoms with van der Waals surface area (Å²) in [6.07, 6.45) is -0.560. The summed E-state index contributed by atoms with van der Waals surface area (Å²) in [5.74, 6) is -1.08. The lowest BCUT2D eigenvalue weighted by atomic mass is 10.5. The first-order valence-corrected chi connectivity index (χ1v) is 3.28. The first kappa shape index (κ1) is 17.4. The van der Waals surface area contributed by atoms with Crippen LogP contribution in [0.5, 0.6) is 0 Å². The zero-order valence-electron chi connectivity index (χ0n) is 7.90. The number of rotatable bonds is 1. The van der Waals surface area contributed by atoms with Gasteiger partial charge in [0.2, 0.25) is 0 Å². The number of carboxylic acids is 1. The number of ether oxygens (including phenoxy) is 1. The zero-order chi connectivity index (χ0) is 10.6. The lowest BCUT2D eigenvalue weighted by Gasteiger charge is -1.90. The number of carbonyl (C=O) groups is 1. The Balaban J connectivity index is -0.000000105. The predicted molar refractivity (Wildman–Crippen MR) is 42.4 cm³/mol. The molecule has 1 unspecified atom stereocenters. The molecule has 0 aliphatic carbocycles. The van der Waals surface area contributed by atoms with Crippen molar-refractivity contribution in [2.24, 2.45) is 0 Å². The second-order valence-electron chi connectivity index (χ2n) is 1.93. The molecule has 2 N–H and O–H groups in total. The van der Waals surface area contributed by atoms with Crippen LogP contribution in [0.3, 0.4) is 0 Å². The van der Waals surface area contributed by atoms with Gasteiger partial charge in [0.1, 0.15) is 0 Å². The van der Waals surface area contributed by atoms with E-state index in [-0.39, 0.29) is 6.61 Å². The molecule has 0 aromatic rings. The fraction of sp³-hybridized carbons (Fsp3) is 0.857. The van der Waals surface area contributed by atoms with Gasteiger partial charge >= 0.3 is 0 Å². The van der Waals surface area contributed by atoms with Gasteiger partial charge in [0.25, 0.3) is 0 Å². The van der Waals surface area contributed by atoms with Gasteiger partial charge < -0.3 is 24.9 Å². The molecule has 0 aliphatic heterocycles. The summed E-state index contributed by atoms with van der Waals surface area (Å²) < 4.78 is 4.25. The van der Waals surface area contributed by atoms with Gasteiger partial charge in [0.05, 0.1) is 12.7 Å². The lowest BCUT2D eigenvalue weighted by molar-refractivity contribution is -0.302. The van der Waals surface area contributed by atoms with Crippen LogP contribution in [0.25, 0.3) is 0 Å². The number of carboxylic acid groups (broad SMARTS) is 1. The van der Waals surface area contributed by atoms with Crippen molar-refractivity contribution in [3.05, 3.63) is 0 Å². The fourth-order valence-electron chi connectivity index (χ4n) is 0. The van der Waals surface area contributed by atoms with Crippen molar-refractivity contribution in [1.29, 1.82) is 0 Å². The first-order chi connectivity index (χ1) is 5.42. The Bertz CT molecular complexity index is 77.9. The Morgan fingerprint density at radius 1 is 1.58 bits per heavy atom. The van der Waals surface area contributed by atoms with Gasteiger partial charge in [-0.05, 0) is 13.8 Å². The highest BCUT2D eigenvalue weighted by Gasteiger charge is 1.83. The highest BCUT2D eigenvalue weighted by atomic mass is 16.4. The molecule has 0 saturated heterocycles. The van der Waals surface area contributed by atoms with Crippen LogP contribution in [0.1, 0.15) is 13.8 Å². The summed E-state index contributed by atoms with van der Waals surface area (Å²) in [4.78, 5) is 8.89. The van der Waals surface area contributed by atoms with Crippen molar-refractivity contribution in [2.75, 3.05) is 20.8 Å². The van der Waals surface area contributed by atoms with E-state index in [4.69, 9.17) is 20.1 Å². The number of hydrogen-bond acceptors (Lipinski definition) is 5. The quantitative estimate of drug-likeness (QED) is 0.507. The van der Waals surface area contributed by atoms with Gasteiger partial charge in [0, 0.05) is 20.2 Å². The van der Waals surface area contributed by atoms with Gasteiger partial charge in [-0.15, -0.1) is 0 Å². The highest BCUT2D eigenvalue weighted by Crippen LogP contribution is 1.68. The van der Waals surface area contributed by atoms with Gasteiger partial charge in [-0.1, -0.05) is 0 Å². The predicted octanol–water partition coefficient (Wildman–Crippen LogP) is -1.62. The van der Waals surface area contributed by atoms with Gasteiger partial charge in [-0.2, -0.15) is 0 Å². The molecular formula is C7H17O5-. The minimum atomic E-state index is -1.08. The van der Waals surface area contributed by atoms with Crippen molar-refractivity contribution in [3.63, 3.8) is 0 Å². The summed E-state index contributed by atoms with van der Waals surface area (Å²) >= 11 is 0. The van der Waals surface area contributed by atoms with Crippen molar-refractivity contribution in [2.45, 2.75) is 20.0 Å². The molecule has 0 aliphatic rings. The number of aliphatic hydroxyl groups excluding tert-OH is 2. The number of aliphatic hydroxyl groups is 2. The van der Waals surface area contributed by atoms with Crippen molar-refractivity contribution < 1.29 is 24.9 Å². The number of hydrogen-bond donors (Lipinski definition) is 2. The number of carbonyl (C=O) groups excluding carboxylic acids is 1. The molecule has 0 radical (unpaired) electrons. The average molecular weight is 181 g/mol. The van der Waals surface area contributed by atoms with E-state index in [0.717, 1.165) is 6.92 Å². The molecule has 1 atom stereocenters. The Morgan fingerprint density at radius 3 is 1.67 bits per heavy atom. The van der Waals surface area contributed by atoms with Crippen LogP contribution in [0, 0.1) is 0 Å². The van der Waals surface area contributed by atoms with Gasteiger partial charge in [-0.3, -0.25) is 0 Å². The summed E-state index contributed by atoms with van der Waals surface area (Å²) in [6, 6.07) is 0. The van der Waals surface area contributed by atoms with E-state index < -0.39 is 12.1 Å². The van der Waals surface area contributed by atoms with E-state index in [2.05, 4.69) is 4.74 Å². The van der Waals surface area contributed by atoms with Gasteiger partial charge in [-0.25, -0.2) is 0 Å². The van der Waals surface area contributed by atoms with Crippen LogP contribution in [-0.4, -0.2) is 43.1 Å². The Morgan fingerprint density at radius 2 is 1.67 bits per heavy atom. The summed E-state index contributed by atoms with van der Waals surface area (Å²) in [7, 11) is 3.25. The van der Waals surface area contributed by atoms with Crippen LogP contribution in [0.2, 0.25) is 0 Å². The second-order valence-corrected chi connectivity index (χ2v) is 1.93. The largest absolute Gasteiger partial charge is 0.550 e. The van der Waals surface area contributed by atoms with Crippen LogP contribution in [-0.2, 0) is 9.53 Å². The summed E-state index contributed by atoms with van der Waals surface area (Å²) in [6.45, 7) is 2.36. The molecule has 0 saturated carbocycles. The summed E-state index contributed by atoms with van der Waals surface area (Å²) in [5, 5.41) is 24.9. The minimum Gasteiger partial charge on any atom is -0.550 e. The highest BCUT2D eigenvalue weighted by molar-refractivity contribution is 5.60. The molecule has 0 heterocycles. The molecule has 5 heteroatoms. The SMILES string of the molecule is CC(=O)[O-].CC(O)CO.COC. The standard InChI is InChI=1S/C3H8O2.C2H4O2.C2H6O/c1-3(5)2-4;1-2(3)4;1-3-2/h3-5H,2H2,1H3;1H3,(H,3,4);1-2H3/p-1. The zero-order valence-corrected chi connectivity index (χ0v) is 7.90. The Kier molecular flexibility index (Phi) is 24.3. The van der Waals surface area contributed by atoms with Crippen molar-refractivity contribution in [3.8, 4) is 0 Å². The average Bonchev–Trinajstić information content (AvgIpc) is 1.88. The van der Waals surface area contributed by atoms with Gasteiger partial charge in [0.15, 0.2) is 0 Å². The first-order valence-electron chi connectivity index (χ1n) is 3.28. The normalized spacial score (nSPS) is 9.83. The van der Waals surface area contributed by atoms with Crippen LogP contribution >= 0.6 is 0 Å². The molecule has 0 aromatic carbocycles. The van der Waals surface area contributed by atoms with E-state index in [9.17, 15) is 0 Å². The molecule has 0 spiro atoms. The third kappa shape index (κ3) is 358. The van der Waals surface area contributed by atoms with Crippen LogP contribution in [0.15, 0.2) is 0 Å². The minimum absolute atomic E-state index is 0.139. The number of aliphatic carboxylic acids is 1. The van der Waals surface area contributed by atoms with E-state index in [1.54, 1.807) is 14.2 Å². The summed E-state index contributed by atoms with van der Waals surface area (Å²) in [5.41, 5.74) is 0. The molecule has 0 fully saturated rings. The molecule has 0 rings (SSSR count). The topological polar surface area (TPSA) is 89.8 Å². The molecule has 0 amide bonds. The van der Waals surface area contributed by atoms with E-state index in [0.29, 0.717) is 0 Å². The monoisotopic (exact) mass is 181 g/mol.